The number of fused-ring (bicyclic) bond motifs is 1. The highest BCUT2D eigenvalue weighted by atomic mass is 127. The van der Waals surface area contributed by atoms with E-state index in [9.17, 15) is 13.2 Å². The highest BCUT2D eigenvalue weighted by Crippen LogP contribution is 2.26. The summed E-state index contributed by atoms with van der Waals surface area (Å²) in [5.41, 5.74) is 6.72. The number of aryl methyl sites for hydroxylation is 1. The third-order valence-electron chi connectivity index (χ3n) is 3.43. The molecule has 118 valence electrons. The van der Waals surface area contributed by atoms with Crippen LogP contribution in [0.2, 0.25) is 0 Å². The van der Waals surface area contributed by atoms with E-state index in [-0.39, 0.29) is 16.1 Å². The van der Waals surface area contributed by atoms with Crippen molar-refractivity contribution >= 4 is 49.6 Å². The first-order valence-corrected chi connectivity index (χ1v) is 9.11. The zero-order valence-corrected chi connectivity index (χ0v) is 15.0. The van der Waals surface area contributed by atoms with E-state index in [0.29, 0.717) is 8.96 Å². The molecule has 0 aliphatic carbocycles. The maximum atomic E-state index is 12.8. The highest BCUT2D eigenvalue weighted by molar-refractivity contribution is 14.1. The zero-order chi connectivity index (χ0) is 16.8. The molecule has 0 bridgehead atoms. The van der Waals surface area contributed by atoms with Gasteiger partial charge in [0.15, 0.2) is 5.65 Å². The number of hydrogen-bond acceptors (Lipinski definition) is 4. The molecule has 1 amide bonds. The van der Waals surface area contributed by atoms with E-state index >= 15 is 0 Å². The van der Waals surface area contributed by atoms with E-state index in [4.69, 9.17) is 5.73 Å². The summed E-state index contributed by atoms with van der Waals surface area (Å²) in [6.07, 6.45) is 2.76. The summed E-state index contributed by atoms with van der Waals surface area (Å²) in [5.74, 6) is -0.607. The van der Waals surface area contributed by atoms with Crippen molar-refractivity contribution in [1.29, 1.82) is 0 Å². The number of primary amides is 1. The van der Waals surface area contributed by atoms with Crippen LogP contribution in [0, 0.1) is 10.5 Å². The first-order valence-electron chi connectivity index (χ1n) is 6.59. The maximum Gasteiger partial charge on any atom is 0.269 e. The lowest BCUT2D eigenvalue weighted by Gasteiger charge is -2.07. The average Bonchev–Trinajstić information content (AvgIpc) is 2.85. The van der Waals surface area contributed by atoms with Gasteiger partial charge in [0.25, 0.3) is 10.0 Å². The lowest BCUT2D eigenvalue weighted by Crippen LogP contribution is -2.14. The van der Waals surface area contributed by atoms with Gasteiger partial charge in [0.2, 0.25) is 5.91 Å². The van der Waals surface area contributed by atoms with Crippen LogP contribution in [-0.4, -0.2) is 23.3 Å². The lowest BCUT2D eigenvalue weighted by molar-refractivity contribution is 0.1000. The molecule has 0 aliphatic heterocycles. The Morgan fingerprint density at radius 1 is 1.26 bits per heavy atom. The second-order valence-electron chi connectivity index (χ2n) is 5.05. The van der Waals surface area contributed by atoms with E-state index in [0.717, 1.165) is 9.54 Å². The molecule has 1 aromatic carbocycles. The normalized spacial score (nSPS) is 11.7. The van der Waals surface area contributed by atoms with Crippen LogP contribution < -0.4 is 5.73 Å². The van der Waals surface area contributed by atoms with Crippen molar-refractivity contribution < 1.29 is 13.2 Å². The molecule has 8 heteroatoms. The Morgan fingerprint density at radius 3 is 2.52 bits per heavy atom. The first kappa shape index (κ1) is 15.9. The Labute approximate surface area is 146 Å². The Bertz CT molecular complexity index is 1020. The molecular weight excluding hydrogens is 429 g/mol. The fourth-order valence-corrected chi connectivity index (χ4v) is 4.37. The van der Waals surface area contributed by atoms with E-state index in [1.165, 1.54) is 12.4 Å². The van der Waals surface area contributed by atoms with E-state index in [1.807, 2.05) is 29.5 Å². The third-order valence-corrected chi connectivity index (χ3v) is 5.95. The van der Waals surface area contributed by atoms with Gasteiger partial charge in [-0.05, 0) is 47.7 Å². The molecule has 3 rings (SSSR count). The molecule has 3 aromatic rings. The SMILES string of the molecule is Cc1ccc(S(=O)(=O)n2cc(I)c3cc(C(N)=O)cnc32)cc1. The maximum absolute atomic E-state index is 12.8. The van der Waals surface area contributed by atoms with Gasteiger partial charge in [-0.1, -0.05) is 17.7 Å². The first-order chi connectivity index (χ1) is 10.8. The Kier molecular flexibility index (Phi) is 3.88. The van der Waals surface area contributed by atoms with Crippen molar-refractivity contribution in [3.05, 3.63) is 57.4 Å². The number of carbonyl (C=O) groups is 1. The topological polar surface area (TPSA) is 95.0 Å². The summed E-state index contributed by atoms with van der Waals surface area (Å²) in [6, 6.07) is 8.14. The molecule has 2 N–H and O–H groups in total. The number of carbonyl (C=O) groups excluding carboxylic acids is 1. The van der Waals surface area contributed by atoms with Gasteiger partial charge in [-0.25, -0.2) is 17.4 Å². The molecule has 6 nitrogen and oxygen atoms in total. The van der Waals surface area contributed by atoms with Gasteiger partial charge in [-0.15, -0.1) is 0 Å². The summed E-state index contributed by atoms with van der Waals surface area (Å²) in [4.78, 5) is 15.6. The van der Waals surface area contributed by atoms with Crippen LogP contribution in [0.15, 0.2) is 47.6 Å². The predicted octanol–water partition coefficient (Wildman–Crippen LogP) is 2.29. The molecule has 0 aliphatic rings. The van der Waals surface area contributed by atoms with E-state index < -0.39 is 15.9 Å². The number of rotatable bonds is 3. The quantitative estimate of drug-likeness (QED) is 0.631. The standard InChI is InChI=1S/C15H12IN3O3S/c1-9-2-4-11(5-3-9)23(21,22)19-8-13(16)12-6-10(14(17)20)7-18-15(12)19/h2-8H,1H3,(H2,17,20). The number of pyridine rings is 1. The molecule has 0 saturated carbocycles. The van der Waals surface area contributed by atoms with Gasteiger partial charge in [0, 0.05) is 21.4 Å². The van der Waals surface area contributed by atoms with Crippen LogP contribution >= 0.6 is 22.6 Å². The summed E-state index contributed by atoms with van der Waals surface area (Å²) in [7, 11) is -3.76. The van der Waals surface area contributed by atoms with Crippen LogP contribution in [0.1, 0.15) is 15.9 Å². The molecule has 0 atom stereocenters. The number of nitrogens with two attached hydrogens (primary N) is 1. The molecule has 2 aromatic heterocycles. The largest absolute Gasteiger partial charge is 0.366 e. The number of aromatic nitrogens is 2. The van der Waals surface area contributed by atoms with Crippen molar-refractivity contribution in [1.82, 2.24) is 8.96 Å². The minimum atomic E-state index is -3.76. The molecule has 0 radical (unpaired) electrons. The van der Waals surface area contributed by atoms with E-state index in [1.54, 1.807) is 30.3 Å². The van der Waals surface area contributed by atoms with Crippen LogP contribution in [0.3, 0.4) is 0 Å². The molecule has 2 heterocycles. The molecule has 0 unspecified atom stereocenters. The van der Waals surface area contributed by atoms with Gasteiger partial charge in [0.05, 0.1) is 10.5 Å². The van der Waals surface area contributed by atoms with Crippen molar-refractivity contribution in [2.45, 2.75) is 11.8 Å². The predicted molar refractivity (Wildman–Crippen MR) is 94.7 cm³/mol. The van der Waals surface area contributed by atoms with Crippen LogP contribution in [0.4, 0.5) is 0 Å². The van der Waals surface area contributed by atoms with Crippen LogP contribution in [-0.2, 0) is 10.0 Å². The second-order valence-corrected chi connectivity index (χ2v) is 8.03. The molecule has 0 fully saturated rings. The third kappa shape index (κ3) is 2.72. The number of halogens is 1. The van der Waals surface area contributed by atoms with Gasteiger partial charge >= 0.3 is 0 Å². The van der Waals surface area contributed by atoms with Crippen LogP contribution in [0.25, 0.3) is 11.0 Å². The Morgan fingerprint density at radius 2 is 1.91 bits per heavy atom. The number of nitrogens with zero attached hydrogens (tertiary/aromatic N) is 2. The number of hydrogen-bond donors (Lipinski definition) is 1. The Balaban J connectivity index is 2.24. The van der Waals surface area contributed by atoms with Crippen molar-refractivity contribution in [3.8, 4) is 0 Å². The molecule has 23 heavy (non-hydrogen) atoms. The summed E-state index contributed by atoms with van der Waals surface area (Å²) >= 11 is 2.01. The van der Waals surface area contributed by atoms with Crippen molar-refractivity contribution in [3.63, 3.8) is 0 Å². The van der Waals surface area contributed by atoms with Gasteiger partial charge in [-0.3, -0.25) is 4.79 Å². The number of amides is 1. The molecule has 0 saturated heterocycles. The molecular formula is C15H12IN3O3S. The molecule has 0 spiro atoms. The van der Waals surface area contributed by atoms with Gasteiger partial charge in [-0.2, -0.15) is 0 Å². The monoisotopic (exact) mass is 441 g/mol. The summed E-state index contributed by atoms with van der Waals surface area (Å²) in [6.45, 7) is 1.89. The number of benzene rings is 1. The fraction of sp³-hybridized carbons (Fsp3) is 0.0667. The van der Waals surface area contributed by atoms with Crippen LogP contribution in [0.5, 0.6) is 0 Å². The minimum Gasteiger partial charge on any atom is -0.366 e. The smallest absolute Gasteiger partial charge is 0.269 e. The average molecular weight is 441 g/mol. The van der Waals surface area contributed by atoms with Gasteiger partial charge < -0.3 is 5.73 Å². The minimum absolute atomic E-state index is 0.178. The second kappa shape index (κ2) is 5.60. The summed E-state index contributed by atoms with van der Waals surface area (Å²) in [5, 5.41) is 0.567. The fourth-order valence-electron chi connectivity index (χ4n) is 2.18. The van der Waals surface area contributed by atoms with E-state index in [2.05, 4.69) is 4.98 Å². The zero-order valence-electron chi connectivity index (χ0n) is 12.0. The highest BCUT2D eigenvalue weighted by Gasteiger charge is 2.22. The van der Waals surface area contributed by atoms with Crippen molar-refractivity contribution in [2.24, 2.45) is 5.73 Å². The lowest BCUT2D eigenvalue weighted by atomic mass is 10.2. The van der Waals surface area contributed by atoms with Crippen molar-refractivity contribution in [2.75, 3.05) is 0 Å². The Hall–Kier alpha value is -1.94. The summed E-state index contributed by atoms with van der Waals surface area (Å²) < 4.78 is 27.4. The van der Waals surface area contributed by atoms with Gasteiger partial charge in [0.1, 0.15) is 0 Å².